The first-order chi connectivity index (χ1) is 10.3. The Morgan fingerprint density at radius 3 is 2.18 bits per heavy atom. The molecule has 0 aliphatic carbocycles. The van der Waals surface area contributed by atoms with Crippen LogP contribution in [0.5, 0.6) is 0 Å². The standard InChI is InChI=1S/C14H9F3O3S2/c15-14(16,17)22(18,19)20-21-9-10-5-1-2-6-11(10)12-7-3-4-8-13(12)21/h1-9H. The Labute approximate surface area is 127 Å². The Kier molecular flexibility index (Phi) is 3.62. The van der Waals surface area contributed by atoms with Crippen molar-refractivity contribution in [3.05, 3.63) is 54.1 Å². The molecular weight excluding hydrogens is 337 g/mol. The summed E-state index contributed by atoms with van der Waals surface area (Å²) in [6.45, 7) is 0. The highest BCUT2D eigenvalue weighted by Crippen LogP contribution is 2.44. The first-order valence-electron chi connectivity index (χ1n) is 6.07. The zero-order valence-electron chi connectivity index (χ0n) is 10.9. The molecule has 3 rings (SSSR count). The molecule has 0 spiro atoms. The van der Waals surface area contributed by atoms with Gasteiger partial charge in [-0.15, -0.1) is 0 Å². The molecule has 1 atom stereocenters. The minimum atomic E-state index is -5.66. The van der Waals surface area contributed by atoms with E-state index in [1.807, 2.05) is 6.07 Å². The van der Waals surface area contributed by atoms with Gasteiger partial charge in [-0.25, -0.2) is 0 Å². The minimum Gasteiger partial charge on any atom is -0.194 e. The lowest BCUT2D eigenvalue weighted by atomic mass is 10.0. The van der Waals surface area contributed by atoms with Crippen LogP contribution in [0.3, 0.4) is 0 Å². The third kappa shape index (κ3) is 2.57. The van der Waals surface area contributed by atoms with Crippen molar-refractivity contribution in [2.45, 2.75) is 10.4 Å². The van der Waals surface area contributed by atoms with E-state index < -0.39 is 26.4 Å². The largest absolute Gasteiger partial charge is 0.524 e. The Bertz CT molecular complexity index is 871. The molecule has 0 bridgehead atoms. The normalized spacial score (nSPS) is 17.3. The lowest BCUT2D eigenvalue weighted by molar-refractivity contribution is -0.0494. The predicted molar refractivity (Wildman–Crippen MR) is 79.0 cm³/mol. The van der Waals surface area contributed by atoms with Gasteiger partial charge >= 0.3 is 15.6 Å². The van der Waals surface area contributed by atoms with Crippen LogP contribution in [0.15, 0.2) is 53.4 Å². The summed E-state index contributed by atoms with van der Waals surface area (Å²) in [5.74, 6) is 0. The summed E-state index contributed by atoms with van der Waals surface area (Å²) in [6.07, 6.45) is 0. The maximum absolute atomic E-state index is 12.5. The molecule has 22 heavy (non-hydrogen) atoms. The summed E-state index contributed by atoms with van der Waals surface area (Å²) in [5, 5.41) is 1.40. The Hall–Kier alpha value is -1.64. The molecule has 3 nitrogen and oxygen atoms in total. The van der Waals surface area contributed by atoms with Crippen molar-refractivity contribution in [1.29, 1.82) is 0 Å². The predicted octanol–water partition coefficient (Wildman–Crippen LogP) is 3.93. The van der Waals surface area contributed by atoms with Gasteiger partial charge < -0.3 is 0 Å². The van der Waals surface area contributed by atoms with Crippen molar-refractivity contribution in [2.75, 3.05) is 0 Å². The van der Waals surface area contributed by atoms with Crippen molar-refractivity contribution in [2.24, 2.45) is 0 Å². The SMILES string of the molecule is O=S(=O)(OS1=Cc2ccccc2-c2ccccc21)C(F)(F)F. The van der Waals surface area contributed by atoms with Crippen LogP contribution in [-0.4, -0.2) is 19.3 Å². The van der Waals surface area contributed by atoms with E-state index in [4.69, 9.17) is 0 Å². The molecule has 0 saturated carbocycles. The fraction of sp³-hybridized carbons (Fsp3) is 0.0714. The molecule has 8 heteroatoms. The van der Waals surface area contributed by atoms with Gasteiger partial charge in [0.1, 0.15) is 0 Å². The number of fused-ring (bicyclic) bond motifs is 3. The molecule has 0 N–H and O–H groups in total. The van der Waals surface area contributed by atoms with Crippen LogP contribution < -0.4 is 0 Å². The zero-order valence-corrected chi connectivity index (χ0v) is 12.5. The molecule has 2 aromatic carbocycles. The van der Waals surface area contributed by atoms with E-state index in [0.717, 1.165) is 5.56 Å². The highest BCUT2D eigenvalue weighted by Gasteiger charge is 2.48. The molecule has 0 saturated heterocycles. The number of hydrogen-bond acceptors (Lipinski definition) is 3. The molecule has 0 radical (unpaired) electrons. The molecule has 1 aliphatic rings. The average Bonchev–Trinajstić information content (AvgIpc) is 2.46. The second-order valence-electron chi connectivity index (χ2n) is 4.47. The number of hydrogen-bond donors (Lipinski definition) is 0. The third-order valence-electron chi connectivity index (χ3n) is 3.04. The number of benzene rings is 2. The molecule has 0 fully saturated rings. The fourth-order valence-electron chi connectivity index (χ4n) is 2.08. The molecular formula is C14H9F3O3S2. The van der Waals surface area contributed by atoms with E-state index in [-0.39, 0.29) is 0 Å². The molecule has 1 heterocycles. The van der Waals surface area contributed by atoms with Crippen molar-refractivity contribution in [3.8, 4) is 11.1 Å². The van der Waals surface area contributed by atoms with Gasteiger partial charge in [-0.05, 0) is 33.5 Å². The topological polar surface area (TPSA) is 43.4 Å². The van der Waals surface area contributed by atoms with E-state index in [0.29, 0.717) is 16.0 Å². The van der Waals surface area contributed by atoms with Crippen LogP contribution in [0, 0.1) is 0 Å². The summed E-state index contributed by atoms with van der Waals surface area (Å²) >= 11 is 0. The van der Waals surface area contributed by atoms with Gasteiger partial charge in [-0.3, -0.25) is 0 Å². The van der Waals surface area contributed by atoms with Gasteiger partial charge in [0.05, 0.1) is 0 Å². The lowest BCUT2D eigenvalue weighted by Crippen LogP contribution is -2.24. The quantitative estimate of drug-likeness (QED) is 0.611. The molecule has 116 valence electrons. The first-order valence-corrected chi connectivity index (χ1v) is 8.69. The smallest absolute Gasteiger partial charge is 0.194 e. The highest BCUT2D eigenvalue weighted by atomic mass is 32.3. The molecule has 0 amide bonds. The van der Waals surface area contributed by atoms with Crippen LogP contribution in [0.4, 0.5) is 13.2 Å². The van der Waals surface area contributed by atoms with E-state index in [2.05, 4.69) is 3.63 Å². The Balaban J connectivity index is 2.16. The fourth-order valence-corrected chi connectivity index (χ4v) is 4.78. The summed E-state index contributed by atoms with van der Waals surface area (Å²) < 4.78 is 64.6. The third-order valence-corrected chi connectivity index (χ3v) is 6.16. The van der Waals surface area contributed by atoms with Crippen LogP contribution in [0.1, 0.15) is 5.56 Å². The summed E-state index contributed by atoms with van der Waals surface area (Å²) in [5.41, 5.74) is -3.31. The van der Waals surface area contributed by atoms with E-state index >= 15 is 0 Å². The molecule has 0 aromatic heterocycles. The second kappa shape index (κ2) is 5.22. The number of halogens is 3. The maximum Gasteiger partial charge on any atom is 0.524 e. The van der Waals surface area contributed by atoms with Crippen molar-refractivity contribution in [1.82, 2.24) is 0 Å². The number of alkyl halides is 3. The van der Waals surface area contributed by atoms with Crippen LogP contribution in [0.25, 0.3) is 11.1 Å². The number of rotatable bonds is 2. The lowest BCUT2D eigenvalue weighted by Gasteiger charge is -2.21. The minimum absolute atomic E-state index is 0.411. The van der Waals surface area contributed by atoms with Crippen LogP contribution >= 0.6 is 10.8 Å². The van der Waals surface area contributed by atoms with Gasteiger partial charge in [0, 0.05) is 10.3 Å². The summed E-state index contributed by atoms with van der Waals surface area (Å²) in [6, 6.07) is 13.7. The second-order valence-corrected chi connectivity index (χ2v) is 7.65. The van der Waals surface area contributed by atoms with Crippen LogP contribution in [-0.2, 0) is 13.7 Å². The molecule has 2 aromatic rings. The average molecular weight is 346 g/mol. The molecule has 1 aliphatic heterocycles. The Morgan fingerprint density at radius 1 is 0.909 bits per heavy atom. The van der Waals surface area contributed by atoms with E-state index in [1.54, 1.807) is 42.5 Å². The zero-order chi connectivity index (χ0) is 16.0. The van der Waals surface area contributed by atoms with Gasteiger partial charge in [0.15, 0.2) is 0 Å². The van der Waals surface area contributed by atoms with E-state index in [9.17, 15) is 21.6 Å². The van der Waals surface area contributed by atoms with Crippen molar-refractivity contribution >= 4 is 26.3 Å². The van der Waals surface area contributed by atoms with Crippen molar-refractivity contribution in [3.63, 3.8) is 0 Å². The van der Waals surface area contributed by atoms with Crippen molar-refractivity contribution < 1.29 is 25.2 Å². The maximum atomic E-state index is 12.5. The monoisotopic (exact) mass is 346 g/mol. The van der Waals surface area contributed by atoms with Gasteiger partial charge in [-0.2, -0.15) is 25.2 Å². The highest BCUT2D eigenvalue weighted by molar-refractivity contribution is 8.16. The Morgan fingerprint density at radius 2 is 1.50 bits per heavy atom. The molecule has 1 unspecified atom stereocenters. The van der Waals surface area contributed by atoms with E-state index in [1.165, 1.54) is 5.37 Å². The van der Waals surface area contributed by atoms with Gasteiger partial charge in [0.25, 0.3) is 0 Å². The first kappa shape index (κ1) is 15.3. The van der Waals surface area contributed by atoms with Crippen LogP contribution in [0.2, 0.25) is 0 Å². The van der Waals surface area contributed by atoms with Gasteiger partial charge in [0.2, 0.25) is 0 Å². The summed E-state index contributed by atoms with van der Waals surface area (Å²) in [7, 11) is -7.29. The van der Waals surface area contributed by atoms with Gasteiger partial charge in [-0.1, -0.05) is 42.5 Å². The summed E-state index contributed by atoms with van der Waals surface area (Å²) in [4.78, 5) is 0.411.